The molecule has 2 fully saturated rings. The number of urea groups is 1. The van der Waals surface area contributed by atoms with Crippen LogP contribution >= 0.6 is 11.8 Å². The van der Waals surface area contributed by atoms with Crippen LogP contribution in [0.4, 0.5) is 4.79 Å². The molecule has 2 aliphatic heterocycles. The topological polar surface area (TPSA) is 58.2 Å². The summed E-state index contributed by atoms with van der Waals surface area (Å²) in [6, 6.07) is -0.356. The monoisotopic (exact) mass is 214 g/mol. The summed E-state index contributed by atoms with van der Waals surface area (Å²) in [5.41, 5.74) is -0.846. The molecule has 0 aromatic carbocycles. The standard InChI is InChI=1S/C9H14N2O2S/c1-8(2)3-4-14-5-9(8)6(12)10-7(13)11-9/h3-5H2,1-2H3,(H2,10,11,12,13). The molecule has 0 radical (unpaired) electrons. The van der Waals surface area contributed by atoms with Crippen molar-refractivity contribution in [3.8, 4) is 0 Å². The van der Waals surface area contributed by atoms with E-state index in [1.165, 1.54) is 0 Å². The first kappa shape index (κ1) is 9.83. The Morgan fingerprint density at radius 2 is 2.07 bits per heavy atom. The largest absolute Gasteiger partial charge is 0.322 e. The minimum absolute atomic E-state index is 0.158. The van der Waals surface area contributed by atoms with E-state index in [2.05, 4.69) is 10.6 Å². The molecule has 5 heteroatoms. The number of thioether (sulfide) groups is 1. The van der Waals surface area contributed by atoms with E-state index in [0.717, 1.165) is 12.2 Å². The number of imide groups is 1. The highest BCUT2D eigenvalue weighted by molar-refractivity contribution is 7.99. The molecule has 4 nitrogen and oxygen atoms in total. The maximum absolute atomic E-state index is 11.8. The van der Waals surface area contributed by atoms with E-state index in [9.17, 15) is 9.59 Å². The Balaban J connectivity index is 2.37. The SMILES string of the molecule is CC1(C)CCSCC12NC(=O)NC2=O. The zero-order chi connectivity index (χ0) is 10.4. The van der Waals surface area contributed by atoms with Gasteiger partial charge in [-0.15, -0.1) is 0 Å². The molecule has 1 spiro atoms. The number of carbonyl (C=O) groups excluding carboxylic acids is 2. The Morgan fingerprint density at radius 3 is 2.57 bits per heavy atom. The van der Waals surface area contributed by atoms with Crippen molar-refractivity contribution in [2.75, 3.05) is 11.5 Å². The molecule has 0 saturated carbocycles. The van der Waals surface area contributed by atoms with Crippen molar-refractivity contribution in [3.05, 3.63) is 0 Å². The van der Waals surface area contributed by atoms with E-state index in [1.807, 2.05) is 13.8 Å². The van der Waals surface area contributed by atoms with Crippen molar-refractivity contribution in [2.45, 2.75) is 25.8 Å². The van der Waals surface area contributed by atoms with Crippen LogP contribution in [0.25, 0.3) is 0 Å². The third-order valence-corrected chi connectivity index (χ3v) is 4.42. The highest BCUT2D eigenvalue weighted by Gasteiger charge is 2.57. The van der Waals surface area contributed by atoms with Gasteiger partial charge in [0.1, 0.15) is 5.54 Å². The lowest BCUT2D eigenvalue weighted by molar-refractivity contribution is -0.127. The van der Waals surface area contributed by atoms with Crippen LogP contribution in [-0.4, -0.2) is 29.0 Å². The maximum Gasteiger partial charge on any atom is 0.322 e. The summed E-state index contributed by atoms with van der Waals surface area (Å²) in [5.74, 6) is 1.56. The first-order valence-electron chi connectivity index (χ1n) is 4.69. The molecule has 3 amide bonds. The molecule has 0 aromatic rings. The quantitative estimate of drug-likeness (QED) is 0.584. The van der Waals surface area contributed by atoms with Gasteiger partial charge < -0.3 is 5.32 Å². The zero-order valence-corrected chi connectivity index (χ0v) is 9.16. The molecule has 0 aromatic heterocycles. The second-order valence-corrected chi connectivity index (χ2v) is 5.61. The average Bonchev–Trinajstić information content (AvgIpc) is 2.35. The Labute approximate surface area is 87.2 Å². The van der Waals surface area contributed by atoms with Gasteiger partial charge in [0.05, 0.1) is 0 Å². The van der Waals surface area contributed by atoms with Crippen LogP contribution < -0.4 is 10.6 Å². The van der Waals surface area contributed by atoms with Crippen LogP contribution in [0.2, 0.25) is 0 Å². The molecule has 0 aliphatic carbocycles. The van der Waals surface area contributed by atoms with E-state index in [-0.39, 0.29) is 17.4 Å². The first-order chi connectivity index (χ1) is 6.48. The van der Waals surface area contributed by atoms with Gasteiger partial charge in [-0.05, 0) is 17.6 Å². The van der Waals surface area contributed by atoms with Crippen molar-refractivity contribution in [3.63, 3.8) is 0 Å². The van der Waals surface area contributed by atoms with Crippen LogP contribution in [0.5, 0.6) is 0 Å². The number of rotatable bonds is 0. The third-order valence-electron chi connectivity index (χ3n) is 3.29. The van der Waals surface area contributed by atoms with E-state index >= 15 is 0 Å². The van der Waals surface area contributed by atoms with Crippen molar-refractivity contribution < 1.29 is 9.59 Å². The molecule has 14 heavy (non-hydrogen) atoms. The van der Waals surface area contributed by atoms with Crippen LogP contribution in [0.1, 0.15) is 20.3 Å². The van der Waals surface area contributed by atoms with Gasteiger partial charge in [0.15, 0.2) is 0 Å². The Hall–Kier alpha value is -0.710. The number of carbonyl (C=O) groups is 2. The van der Waals surface area contributed by atoms with Gasteiger partial charge in [-0.2, -0.15) is 11.8 Å². The second-order valence-electron chi connectivity index (χ2n) is 4.50. The second kappa shape index (κ2) is 2.89. The fourth-order valence-electron chi connectivity index (χ4n) is 2.03. The normalized spacial score (nSPS) is 35.6. The highest BCUT2D eigenvalue weighted by atomic mass is 32.2. The lowest BCUT2D eigenvalue weighted by Crippen LogP contribution is -2.61. The molecule has 2 saturated heterocycles. The van der Waals surface area contributed by atoms with Crippen LogP contribution in [-0.2, 0) is 4.79 Å². The lowest BCUT2D eigenvalue weighted by atomic mass is 9.71. The summed E-state index contributed by atoms with van der Waals surface area (Å²) in [5, 5.41) is 5.12. The van der Waals surface area contributed by atoms with E-state index in [0.29, 0.717) is 5.75 Å². The summed E-state index contributed by atoms with van der Waals surface area (Å²) in [6.45, 7) is 4.08. The van der Waals surface area contributed by atoms with Gasteiger partial charge in [0.2, 0.25) is 0 Å². The van der Waals surface area contributed by atoms with Crippen molar-refractivity contribution in [1.29, 1.82) is 0 Å². The molecule has 2 N–H and O–H groups in total. The molecule has 2 heterocycles. The number of hydrogen-bond acceptors (Lipinski definition) is 3. The molecule has 0 bridgehead atoms. The van der Waals surface area contributed by atoms with Crippen molar-refractivity contribution >= 4 is 23.7 Å². The van der Waals surface area contributed by atoms with Crippen LogP contribution in [0.15, 0.2) is 0 Å². The van der Waals surface area contributed by atoms with E-state index in [4.69, 9.17) is 0 Å². The Kier molecular flexibility index (Phi) is 2.03. The van der Waals surface area contributed by atoms with Crippen molar-refractivity contribution in [2.24, 2.45) is 5.41 Å². The summed E-state index contributed by atoms with van der Waals surface area (Å²) < 4.78 is 0. The molecule has 2 aliphatic rings. The average molecular weight is 214 g/mol. The van der Waals surface area contributed by atoms with Gasteiger partial charge in [-0.25, -0.2) is 4.79 Å². The predicted octanol–water partition coefficient (Wildman–Crippen LogP) is 0.728. The Bertz CT molecular complexity index is 303. The minimum atomic E-state index is -0.688. The van der Waals surface area contributed by atoms with Crippen LogP contribution in [0.3, 0.4) is 0 Å². The summed E-state index contributed by atoms with van der Waals surface area (Å²) in [6.07, 6.45) is 0.950. The van der Waals surface area contributed by atoms with Gasteiger partial charge >= 0.3 is 6.03 Å². The van der Waals surface area contributed by atoms with Crippen LogP contribution in [0, 0.1) is 5.41 Å². The minimum Gasteiger partial charge on any atom is -0.322 e. The number of hydrogen-bond donors (Lipinski definition) is 2. The number of nitrogens with one attached hydrogen (secondary N) is 2. The Morgan fingerprint density at radius 1 is 1.36 bits per heavy atom. The zero-order valence-electron chi connectivity index (χ0n) is 8.35. The summed E-state index contributed by atoms with van der Waals surface area (Å²) in [4.78, 5) is 22.9. The molecule has 2 rings (SSSR count). The molecule has 78 valence electrons. The van der Waals surface area contributed by atoms with Gasteiger partial charge in [0.25, 0.3) is 5.91 Å². The molecule has 1 unspecified atom stereocenters. The van der Waals surface area contributed by atoms with E-state index in [1.54, 1.807) is 11.8 Å². The van der Waals surface area contributed by atoms with Gasteiger partial charge in [0, 0.05) is 5.75 Å². The van der Waals surface area contributed by atoms with Gasteiger partial charge in [-0.3, -0.25) is 10.1 Å². The predicted molar refractivity (Wildman–Crippen MR) is 55.1 cm³/mol. The first-order valence-corrected chi connectivity index (χ1v) is 5.85. The summed E-state index contributed by atoms with van der Waals surface area (Å²) >= 11 is 1.72. The smallest absolute Gasteiger partial charge is 0.322 e. The lowest BCUT2D eigenvalue weighted by Gasteiger charge is -2.44. The fraction of sp³-hybridized carbons (Fsp3) is 0.778. The summed E-state index contributed by atoms with van der Waals surface area (Å²) in [7, 11) is 0. The molecular weight excluding hydrogens is 200 g/mol. The van der Waals surface area contributed by atoms with Crippen molar-refractivity contribution in [1.82, 2.24) is 10.6 Å². The molecule has 1 atom stereocenters. The maximum atomic E-state index is 11.8. The number of amides is 3. The fourth-order valence-corrected chi connectivity index (χ4v) is 3.73. The van der Waals surface area contributed by atoms with E-state index < -0.39 is 5.54 Å². The third kappa shape index (κ3) is 1.15. The molecular formula is C9H14N2O2S. The van der Waals surface area contributed by atoms with Gasteiger partial charge in [-0.1, -0.05) is 13.8 Å². The highest BCUT2D eigenvalue weighted by Crippen LogP contribution is 2.43.